The summed E-state index contributed by atoms with van der Waals surface area (Å²) in [5, 5.41) is 10.2. The zero-order chi connectivity index (χ0) is 16.7. The van der Waals surface area contributed by atoms with E-state index in [9.17, 15) is 14.3 Å². The molecule has 0 aliphatic carbocycles. The van der Waals surface area contributed by atoms with Gasteiger partial charge in [0.25, 0.3) is 0 Å². The fraction of sp³-hybridized carbons (Fsp3) is 0.278. The zero-order valence-corrected chi connectivity index (χ0v) is 12.9. The van der Waals surface area contributed by atoms with Gasteiger partial charge in [0, 0.05) is 5.56 Å². The van der Waals surface area contributed by atoms with Crippen molar-refractivity contribution >= 4 is 5.97 Å². The molecule has 0 aliphatic heterocycles. The second kappa shape index (κ2) is 8.29. The first-order valence-corrected chi connectivity index (χ1v) is 7.40. The van der Waals surface area contributed by atoms with Crippen LogP contribution in [0.2, 0.25) is 0 Å². The number of benzene rings is 2. The van der Waals surface area contributed by atoms with E-state index in [2.05, 4.69) is 0 Å². The van der Waals surface area contributed by atoms with Gasteiger partial charge in [-0.05, 0) is 30.7 Å². The lowest BCUT2D eigenvalue weighted by Crippen LogP contribution is -2.11. The predicted octanol–water partition coefficient (Wildman–Crippen LogP) is 3.39. The van der Waals surface area contributed by atoms with Crippen molar-refractivity contribution in [3.63, 3.8) is 0 Å². The molecule has 2 aromatic rings. The highest BCUT2D eigenvalue weighted by atomic mass is 19.1. The maximum Gasteiger partial charge on any atom is 0.308 e. The first-order valence-electron chi connectivity index (χ1n) is 7.40. The van der Waals surface area contributed by atoms with Crippen molar-refractivity contribution in [1.82, 2.24) is 0 Å². The van der Waals surface area contributed by atoms with E-state index < -0.39 is 17.9 Å². The predicted molar refractivity (Wildman–Crippen MR) is 83.4 cm³/mol. The van der Waals surface area contributed by atoms with Gasteiger partial charge in [0.05, 0.1) is 19.1 Å². The maximum absolute atomic E-state index is 13.5. The highest BCUT2D eigenvalue weighted by Gasteiger charge is 2.19. The minimum absolute atomic E-state index is 0.228. The van der Waals surface area contributed by atoms with Crippen LogP contribution < -0.4 is 4.74 Å². The second-order valence-corrected chi connectivity index (χ2v) is 4.98. The van der Waals surface area contributed by atoms with E-state index in [1.165, 1.54) is 18.2 Å². The van der Waals surface area contributed by atoms with Crippen LogP contribution in [0.4, 0.5) is 4.39 Å². The highest BCUT2D eigenvalue weighted by molar-refractivity contribution is 5.70. The molecule has 0 aromatic heterocycles. The summed E-state index contributed by atoms with van der Waals surface area (Å²) < 4.78 is 23.9. The Balaban J connectivity index is 2.11. The van der Waals surface area contributed by atoms with Gasteiger partial charge in [0.2, 0.25) is 0 Å². The Morgan fingerprint density at radius 1 is 1.22 bits per heavy atom. The Kier molecular flexibility index (Phi) is 6.11. The van der Waals surface area contributed by atoms with Crippen LogP contribution in [-0.4, -0.2) is 17.7 Å². The summed E-state index contributed by atoms with van der Waals surface area (Å²) in [6.45, 7) is 2.19. The molecule has 122 valence electrons. The fourth-order valence-corrected chi connectivity index (χ4v) is 2.13. The van der Waals surface area contributed by atoms with Gasteiger partial charge < -0.3 is 14.6 Å². The van der Waals surface area contributed by atoms with E-state index in [4.69, 9.17) is 9.47 Å². The number of carbonyl (C=O) groups is 1. The molecule has 0 heterocycles. The lowest BCUT2D eigenvalue weighted by atomic mass is 10.1. The van der Waals surface area contributed by atoms with Crippen LogP contribution in [0, 0.1) is 5.82 Å². The van der Waals surface area contributed by atoms with Gasteiger partial charge in [-0.25, -0.2) is 4.39 Å². The molecule has 1 N–H and O–H groups in total. The molecule has 5 heteroatoms. The van der Waals surface area contributed by atoms with Gasteiger partial charge in [-0.1, -0.05) is 30.3 Å². The van der Waals surface area contributed by atoms with E-state index >= 15 is 0 Å². The monoisotopic (exact) mass is 318 g/mol. The molecule has 0 amide bonds. The molecule has 0 saturated heterocycles. The third-order valence-corrected chi connectivity index (χ3v) is 3.23. The summed E-state index contributed by atoms with van der Waals surface area (Å²) in [6, 6.07) is 13.3. The smallest absolute Gasteiger partial charge is 0.308 e. The Hall–Kier alpha value is -2.40. The molecular weight excluding hydrogens is 299 g/mol. The Morgan fingerprint density at radius 3 is 2.65 bits per heavy atom. The second-order valence-electron chi connectivity index (χ2n) is 4.98. The highest BCUT2D eigenvalue weighted by Crippen LogP contribution is 2.29. The van der Waals surface area contributed by atoms with Crippen molar-refractivity contribution in [3.8, 4) is 5.75 Å². The number of aliphatic hydroxyl groups excluding tert-OH is 1. The quantitative estimate of drug-likeness (QED) is 0.795. The van der Waals surface area contributed by atoms with Crippen LogP contribution in [-0.2, 0) is 16.1 Å². The molecule has 0 aliphatic rings. The molecule has 2 rings (SSSR count). The number of esters is 1. The average molecular weight is 318 g/mol. The average Bonchev–Trinajstić information content (AvgIpc) is 2.54. The minimum atomic E-state index is -1.18. The molecule has 4 nitrogen and oxygen atoms in total. The van der Waals surface area contributed by atoms with E-state index in [1.54, 1.807) is 6.92 Å². The largest absolute Gasteiger partial charge is 0.489 e. The first-order chi connectivity index (χ1) is 11.1. The van der Waals surface area contributed by atoms with Crippen molar-refractivity contribution < 1.29 is 23.8 Å². The topological polar surface area (TPSA) is 55.8 Å². The molecule has 1 atom stereocenters. The molecule has 0 radical (unpaired) electrons. The molecule has 0 bridgehead atoms. The molecule has 0 spiro atoms. The van der Waals surface area contributed by atoms with Gasteiger partial charge in [0.15, 0.2) is 0 Å². The fourth-order valence-electron chi connectivity index (χ4n) is 2.13. The van der Waals surface area contributed by atoms with Crippen LogP contribution in [0.25, 0.3) is 0 Å². The molecule has 1 unspecified atom stereocenters. The maximum atomic E-state index is 13.5. The van der Waals surface area contributed by atoms with E-state index in [0.29, 0.717) is 5.75 Å². The molecule has 23 heavy (non-hydrogen) atoms. The van der Waals surface area contributed by atoms with Gasteiger partial charge in [-0.15, -0.1) is 0 Å². The number of aliphatic hydroxyl groups is 1. The third-order valence-electron chi connectivity index (χ3n) is 3.23. The summed E-state index contributed by atoms with van der Waals surface area (Å²) >= 11 is 0. The number of hydrogen-bond acceptors (Lipinski definition) is 4. The number of hydrogen-bond donors (Lipinski definition) is 1. The minimum Gasteiger partial charge on any atom is -0.489 e. The molecule has 0 fully saturated rings. The molecule has 2 aromatic carbocycles. The summed E-state index contributed by atoms with van der Waals surface area (Å²) in [6.07, 6.45) is -1.44. The summed E-state index contributed by atoms with van der Waals surface area (Å²) in [4.78, 5) is 11.5. The standard InChI is InChI=1S/C18H19FO4/c1-2-22-18(21)11-16(20)15-10-14(19)8-9-17(15)23-12-13-6-4-3-5-7-13/h3-10,16,20H,2,11-12H2,1H3. The van der Waals surface area contributed by atoms with Crippen LogP contribution in [0.3, 0.4) is 0 Å². The number of rotatable bonds is 7. The van der Waals surface area contributed by atoms with Crippen LogP contribution >= 0.6 is 0 Å². The number of halogens is 1. The lowest BCUT2D eigenvalue weighted by molar-refractivity contribution is -0.145. The summed E-state index contributed by atoms with van der Waals surface area (Å²) in [5.41, 5.74) is 1.18. The zero-order valence-electron chi connectivity index (χ0n) is 12.9. The van der Waals surface area contributed by atoms with E-state index in [1.807, 2.05) is 30.3 Å². The Morgan fingerprint density at radius 2 is 1.96 bits per heavy atom. The lowest BCUT2D eigenvalue weighted by Gasteiger charge is -2.16. The van der Waals surface area contributed by atoms with Crippen molar-refractivity contribution in [3.05, 3.63) is 65.5 Å². The van der Waals surface area contributed by atoms with Gasteiger partial charge in [-0.2, -0.15) is 0 Å². The van der Waals surface area contributed by atoms with Crippen molar-refractivity contribution in [2.24, 2.45) is 0 Å². The number of carbonyl (C=O) groups excluding carboxylic acids is 1. The molecule has 0 saturated carbocycles. The van der Waals surface area contributed by atoms with Crippen LogP contribution in [0.5, 0.6) is 5.75 Å². The normalized spacial score (nSPS) is 11.8. The van der Waals surface area contributed by atoms with Crippen molar-refractivity contribution in [2.45, 2.75) is 26.1 Å². The number of ether oxygens (including phenoxy) is 2. The third kappa shape index (κ3) is 5.07. The molecular formula is C18H19FO4. The van der Waals surface area contributed by atoms with Gasteiger partial charge in [0.1, 0.15) is 18.2 Å². The van der Waals surface area contributed by atoms with E-state index in [-0.39, 0.29) is 25.2 Å². The van der Waals surface area contributed by atoms with Crippen molar-refractivity contribution in [1.29, 1.82) is 0 Å². The Labute approximate surface area is 134 Å². The summed E-state index contributed by atoms with van der Waals surface area (Å²) in [7, 11) is 0. The van der Waals surface area contributed by atoms with Crippen molar-refractivity contribution in [2.75, 3.05) is 6.61 Å². The van der Waals surface area contributed by atoms with Gasteiger partial charge >= 0.3 is 5.97 Å². The van der Waals surface area contributed by atoms with Gasteiger partial charge in [-0.3, -0.25) is 4.79 Å². The summed E-state index contributed by atoms with van der Waals surface area (Å²) in [5.74, 6) is -0.708. The Bertz CT molecular complexity index is 643. The van der Waals surface area contributed by atoms with Crippen LogP contribution in [0.1, 0.15) is 30.6 Å². The van der Waals surface area contributed by atoms with Crippen LogP contribution in [0.15, 0.2) is 48.5 Å². The first kappa shape index (κ1) is 17.0. The van der Waals surface area contributed by atoms with E-state index in [0.717, 1.165) is 5.56 Å². The SMILES string of the molecule is CCOC(=O)CC(O)c1cc(F)ccc1OCc1ccccc1.